The number of ether oxygens (including phenoxy) is 3. The van der Waals surface area contributed by atoms with Gasteiger partial charge in [0.15, 0.2) is 6.61 Å². The zero-order chi connectivity index (χ0) is 25.2. The molecule has 0 saturated carbocycles. The monoisotopic (exact) mass is 478 g/mol. The number of aliphatic carboxylic acids is 1. The molecule has 0 fully saturated rings. The van der Waals surface area contributed by atoms with E-state index in [2.05, 4.69) is 17.1 Å². The Morgan fingerprint density at radius 3 is 2.26 bits per heavy atom. The van der Waals surface area contributed by atoms with Gasteiger partial charge in [0.05, 0.1) is 32.7 Å². The van der Waals surface area contributed by atoms with Crippen LogP contribution in [0.4, 0.5) is 0 Å². The van der Waals surface area contributed by atoms with Gasteiger partial charge in [0.25, 0.3) is 5.91 Å². The lowest BCUT2D eigenvalue weighted by atomic mass is 10.1. The number of rotatable bonds is 12. The van der Waals surface area contributed by atoms with Gasteiger partial charge in [0.2, 0.25) is 0 Å². The molecule has 35 heavy (non-hydrogen) atoms. The second kappa shape index (κ2) is 12.4. The van der Waals surface area contributed by atoms with E-state index in [4.69, 9.17) is 19.3 Å². The lowest BCUT2D eigenvalue weighted by Crippen LogP contribution is -2.32. The van der Waals surface area contributed by atoms with Crippen LogP contribution in [0, 0.1) is 6.92 Å². The molecule has 1 N–H and O–H groups in total. The molecule has 0 spiro atoms. The molecule has 2 aromatic carbocycles. The van der Waals surface area contributed by atoms with Crippen LogP contribution in [0.5, 0.6) is 17.2 Å². The minimum absolute atomic E-state index is 0.164. The second-order valence-corrected chi connectivity index (χ2v) is 7.99. The van der Waals surface area contributed by atoms with Gasteiger partial charge in [-0.2, -0.15) is 0 Å². The van der Waals surface area contributed by atoms with Crippen molar-refractivity contribution in [3.63, 3.8) is 0 Å². The Labute approximate surface area is 205 Å². The van der Waals surface area contributed by atoms with Crippen molar-refractivity contribution in [2.24, 2.45) is 0 Å². The average molecular weight is 479 g/mol. The lowest BCUT2D eigenvalue weighted by Gasteiger charge is -2.24. The summed E-state index contributed by atoms with van der Waals surface area (Å²) in [5.41, 5.74) is 3.15. The zero-order valence-corrected chi connectivity index (χ0v) is 20.2. The van der Waals surface area contributed by atoms with Crippen LogP contribution in [0.2, 0.25) is 0 Å². The number of carbonyl (C=O) groups is 2. The maximum Gasteiger partial charge on any atom is 0.341 e. The third-order valence-corrected chi connectivity index (χ3v) is 5.54. The number of aryl methyl sites for hydroxylation is 1. The molecule has 3 aromatic rings. The highest BCUT2D eigenvalue weighted by molar-refractivity contribution is 5.95. The van der Waals surface area contributed by atoms with E-state index in [1.165, 1.54) is 11.8 Å². The Bertz CT molecular complexity index is 1110. The van der Waals surface area contributed by atoms with Crippen molar-refractivity contribution in [1.29, 1.82) is 0 Å². The van der Waals surface area contributed by atoms with Crippen molar-refractivity contribution in [2.75, 3.05) is 27.4 Å². The quantitative estimate of drug-likeness (QED) is 0.418. The summed E-state index contributed by atoms with van der Waals surface area (Å²) < 4.78 is 16.0. The van der Waals surface area contributed by atoms with Gasteiger partial charge in [-0.25, -0.2) is 4.79 Å². The first-order valence-corrected chi connectivity index (χ1v) is 11.3. The maximum atomic E-state index is 13.6. The predicted molar refractivity (Wildman–Crippen MR) is 131 cm³/mol. The number of pyridine rings is 1. The zero-order valence-electron chi connectivity index (χ0n) is 20.2. The number of nitrogens with zero attached hydrogens (tertiary/aromatic N) is 2. The number of carboxylic acid groups (broad SMARTS) is 1. The molecule has 0 aliphatic rings. The smallest absolute Gasteiger partial charge is 0.341 e. The van der Waals surface area contributed by atoms with Crippen LogP contribution in [0.25, 0.3) is 0 Å². The molecule has 1 aromatic heterocycles. The molecule has 0 aliphatic heterocycles. The fraction of sp³-hybridized carbons (Fsp3) is 0.296. The van der Waals surface area contributed by atoms with Crippen molar-refractivity contribution < 1.29 is 28.9 Å². The van der Waals surface area contributed by atoms with E-state index < -0.39 is 12.6 Å². The van der Waals surface area contributed by atoms with Crippen LogP contribution in [0.1, 0.15) is 33.6 Å². The molecule has 3 rings (SSSR count). The summed E-state index contributed by atoms with van der Waals surface area (Å²) in [6.45, 7) is 2.24. The molecule has 184 valence electrons. The number of benzene rings is 2. The van der Waals surface area contributed by atoms with Crippen molar-refractivity contribution >= 4 is 11.9 Å². The van der Waals surface area contributed by atoms with Crippen LogP contribution in [-0.4, -0.2) is 54.2 Å². The van der Waals surface area contributed by atoms with Gasteiger partial charge in [0.1, 0.15) is 17.2 Å². The molecule has 0 atom stereocenters. The van der Waals surface area contributed by atoms with E-state index in [1.807, 2.05) is 25.1 Å². The van der Waals surface area contributed by atoms with Gasteiger partial charge in [-0.3, -0.25) is 9.78 Å². The molecule has 1 heterocycles. The average Bonchev–Trinajstić information content (AvgIpc) is 2.88. The first kappa shape index (κ1) is 25.6. The molecule has 0 aliphatic carbocycles. The van der Waals surface area contributed by atoms with E-state index in [0.717, 1.165) is 18.4 Å². The Kier molecular flexibility index (Phi) is 9.06. The van der Waals surface area contributed by atoms with Gasteiger partial charge < -0.3 is 24.2 Å². The summed E-state index contributed by atoms with van der Waals surface area (Å²) in [5, 5.41) is 8.77. The highest BCUT2D eigenvalue weighted by atomic mass is 16.5. The number of hydrogen-bond donors (Lipinski definition) is 1. The Hall–Kier alpha value is -4.07. The summed E-state index contributed by atoms with van der Waals surface area (Å²) in [4.78, 5) is 30.4. The van der Waals surface area contributed by atoms with Gasteiger partial charge in [0, 0.05) is 17.7 Å². The van der Waals surface area contributed by atoms with Gasteiger partial charge in [-0.1, -0.05) is 30.3 Å². The summed E-state index contributed by atoms with van der Waals surface area (Å²) in [7, 11) is 3.12. The van der Waals surface area contributed by atoms with Crippen molar-refractivity contribution in [3.8, 4) is 17.2 Å². The van der Waals surface area contributed by atoms with Crippen molar-refractivity contribution in [3.05, 3.63) is 83.2 Å². The standard InChI is InChI=1S/C27H30N2O6/c1-19-24(33-2)14-21(15-25(19)34-3)27(32)29(13-7-10-20-8-5-4-6-9-20)17-22-11-12-23(16-28-22)35-18-26(30)31/h4-6,8-9,11-12,14-16H,7,10,13,17-18H2,1-3H3,(H,30,31). The van der Waals surface area contributed by atoms with Crippen LogP contribution >= 0.6 is 0 Å². The molecular formula is C27H30N2O6. The molecule has 1 amide bonds. The van der Waals surface area contributed by atoms with E-state index in [0.29, 0.717) is 35.1 Å². The molecule has 8 nitrogen and oxygen atoms in total. The third kappa shape index (κ3) is 7.20. The van der Waals surface area contributed by atoms with E-state index in [1.54, 1.807) is 43.4 Å². The van der Waals surface area contributed by atoms with Crippen LogP contribution < -0.4 is 14.2 Å². The minimum atomic E-state index is -1.06. The number of carbonyl (C=O) groups excluding carboxylic acids is 1. The summed E-state index contributed by atoms with van der Waals surface area (Å²) >= 11 is 0. The number of methoxy groups -OCH3 is 2. The largest absolute Gasteiger partial charge is 0.496 e. The topological polar surface area (TPSA) is 98.2 Å². The van der Waals surface area contributed by atoms with Crippen molar-refractivity contribution in [1.82, 2.24) is 9.88 Å². The van der Waals surface area contributed by atoms with Crippen molar-refractivity contribution in [2.45, 2.75) is 26.3 Å². The van der Waals surface area contributed by atoms with Crippen LogP contribution in [0.15, 0.2) is 60.8 Å². The summed E-state index contributed by atoms with van der Waals surface area (Å²) in [6.07, 6.45) is 3.07. The predicted octanol–water partition coefficient (Wildman–Crippen LogP) is 4.15. The third-order valence-electron chi connectivity index (χ3n) is 5.54. The molecular weight excluding hydrogens is 448 g/mol. The fourth-order valence-corrected chi connectivity index (χ4v) is 3.69. The molecule has 0 bridgehead atoms. The van der Waals surface area contributed by atoms with E-state index >= 15 is 0 Å². The van der Waals surface area contributed by atoms with Gasteiger partial charge in [-0.05, 0) is 49.6 Å². The number of aromatic nitrogens is 1. The Balaban J connectivity index is 1.80. The second-order valence-electron chi connectivity index (χ2n) is 7.99. The number of hydrogen-bond acceptors (Lipinski definition) is 6. The Morgan fingerprint density at radius 1 is 1.00 bits per heavy atom. The highest BCUT2D eigenvalue weighted by Gasteiger charge is 2.20. The van der Waals surface area contributed by atoms with Crippen LogP contribution in [0.3, 0.4) is 0 Å². The maximum absolute atomic E-state index is 13.6. The SMILES string of the molecule is COc1cc(C(=O)N(CCCc2ccccc2)Cc2ccc(OCC(=O)O)cn2)cc(OC)c1C. The van der Waals surface area contributed by atoms with E-state index in [-0.39, 0.29) is 12.5 Å². The summed E-state index contributed by atoms with van der Waals surface area (Å²) in [5.74, 6) is 0.284. The molecule has 0 saturated heterocycles. The summed E-state index contributed by atoms with van der Waals surface area (Å²) in [6, 6.07) is 16.9. The minimum Gasteiger partial charge on any atom is -0.496 e. The van der Waals surface area contributed by atoms with E-state index in [9.17, 15) is 9.59 Å². The van der Waals surface area contributed by atoms with Gasteiger partial charge in [-0.15, -0.1) is 0 Å². The number of amides is 1. The number of carboxylic acids is 1. The van der Waals surface area contributed by atoms with Gasteiger partial charge >= 0.3 is 5.97 Å². The fourth-order valence-electron chi connectivity index (χ4n) is 3.69. The Morgan fingerprint density at radius 2 is 1.69 bits per heavy atom. The lowest BCUT2D eigenvalue weighted by molar-refractivity contribution is -0.139. The first-order valence-electron chi connectivity index (χ1n) is 11.3. The molecule has 0 unspecified atom stereocenters. The molecule has 8 heteroatoms. The highest BCUT2D eigenvalue weighted by Crippen LogP contribution is 2.30. The van der Waals surface area contributed by atoms with Crippen LogP contribution in [-0.2, 0) is 17.8 Å². The molecule has 0 radical (unpaired) electrons. The normalized spacial score (nSPS) is 10.5. The first-order chi connectivity index (χ1) is 16.9.